The Morgan fingerprint density at radius 2 is 1.94 bits per heavy atom. The molecule has 0 aliphatic carbocycles. The lowest BCUT2D eigenvalue weighted by atomic mass is 9.85. The fourth-order valence-electron chi connectivity index (χ4n) is 2.25. The van der Waals surface area contributed by atoms with Crippen LogP contribution in [0.4, 0.5) is 0 Å². The summed E-state index contributed by atoms with van der Waals surface area (Å²) in [4.78, 5) is 0. The predicted octanol–water partition coefficient (Wildman–Crippen LogP) is 2.21. The largest absolute Gasteiger partial charge is 0.389 e. The predicted molar refractivity (Wildman–Crippen MR) is 69.6 cm³/mol. The number of hydrogen-bond acceptors (Lipinski definition) is 3. The molecule has 0 radical (unpaired) electrons. The monoisotopic (exact) mass is 237 g/mol. The maximum absolute atomic E-state index is 10.5. The van der Waals surface area contributed by atoms with Crippen LogP contribution in [0.2, 0.25) is 0 Å². The van der Waals surface area contributed by atoms with E-state index in [9.17, 15) is 5.11 Å². The second-order valence-corrected chi connectivity index (χ2v) is 5.35. The number of nitrogens with zero attached hydrogens (tertiary/aromatic N) is 1. The molecular formula is C13H19NOS. The molecule has 1 saturated heterocycles. The third-order valence-corrected chi connectivity index (χ3v) is 3.85. The van der Waals surface area contributed by atoms with Gasteiger partial charge < -0.3 is 5.11 Å². The number of piperidine rings is 1. The van der Waals surface area contributed by atoms with Crippen molar-refractivity contribution in [1.29, 1.82) is 0 Å². The molecule has 2 rings (SSSR count). The van der Waals surface area contributed by atoms with Gasteiger partial charge >= 0.3 is 0 Å². The molecule has 1 aliphatic rings. The first kappa shape index (κ1) is 12.0. The van der Waals surface area contributed by atoms with Gasteiger partial charge in [0.15, 0.2) is 0 Å². The number of hydrogen-bond donors (Lipinski definition) is 2. The van der Waals surface area contributed by atoms with Crippen molar-refractivity contribution in [2.45, 2.75) is 31.8 Å². The summed E-state index contributed by atoms with van der Waals surface area (Å²) in [6, 6.07) is 8.30. The molecule has 1 aromatic carbocycles. The Morgan fingerprint density at radius 3 is 2.56 bits per heavy atom. The third-order valence-electron chi connectivity index (χ3n) is 3.45. The van der Waals surface area contributed by atoms with Crippen LogP contribution in [-0.2, 0) is 6.42 Å². The minimum atomic E-state index is -0.536. The van der Waals surface area contributed by atoms with Crippen LogP contribution in [0.5, 0.6) is 0 Å². The summed E-state index contributed by atoms with van der Waals surface area (Å²) in [5, 5.41) is 10.5. The van der Waals surface area contributed by atoms with Crippen LogP contribution >= 0.6 is 12.8 Å². The Morgan fingerprint density at radius 1 is 1.31 bits per heavy atom. The molecule has 0 bridgehead atoms. The molecule has 88 valence electrons. The molecule has 0 spiro atoms. The van der Waals surface area contributed by atoms with Crippen LogP contribution in [0, 0.1) is 6.92 Å². The SMILES string of the molecule is Cc1ccccc1CC1(O)CCN(S)CC1. The van der Waals surface area contributed by atoms with Crippen molar-refractivity contribution in [3.63, 3.8) is 0 Å². The van der Waals surface area contributed by atoms with Crippen molar-refractivity contribution in [2.75, 3.05) is 13.1 Å². The molecule has 16 heavy (non-hydrogen) atoms. The Labute approximate surface area is 103 Å². The lowest BCUT2D eigenvalue weighted by Crippen LogP contribution is -2.42. The summed E-state index contributed by atoms with van der Waals surface area (Å²) in [7, 11) is 0. The molecule has 0 aromatic heterocycles. The minimum absolute atomic E-state index is 0.536. The zero-order valence-electron chi connectivity index (χ0n) is 9.69. The highest BCUT2D eigenvalue weighted by molar-refractivity contribution is 7.77. The first-order chi connectivity index (χ1) is 7.59. The summed E-state index contributed by atoms with van der Waals surface area (Å²) in [6.45, 7) is 3.84. The van der Waals surface area contributed by atoms with E-state index in [2.05, 4.69) is 31.9 Å². The zero-order valence-corrected chi connectivity index (χ0v) is 10.6. The second kappa shape index (κ2) is 4.78. The highest BCUT2D eigenvalue weighted by Crippen LogP contribution is 2.27. The number of thiol groups is 1. The van der Waals surface area contributed by atoms with E-state index in [0.29, 0.717) is 0 Å². The van der Waals surface area contributed by atoms with E-state index in [0.717, 1.165) is 32.4 Å². The number of aryl methyl sites for hydroxylation is 1. The summed E-state index contributed by atoms with van der Waals surface area (Å²) in [6.07, 6.45) is 2.39. The average Bonchev–Trinajstić information content (AvgIpc) is 2.27. The third kappa shape index (κ3) is 2.78. The summed E-state index contributed by atoms with van der Waals surface area (Å²) < 4.78 is 1.98. The average molecular weight is 237 g/mol. The molecule has 2 nitrogen and oxygen atoms in total. The molecule has 1 heterocycles. The highest BCUT2D eigenvalue weighted by Gasteiger charge is 2.31. The van der Waals surface area contributed by atoms with Gasteiger partial charge in [-0.2, -0.15) is 0 Å². The first-order valence-electron chi connectivity index (χ1n) is 5.80. The fourth-order valence-corrected chi connectivity index (χ4v) is 2.45. The van der Waals surface area contributed by atoms with Crippen molar-refractivity contribution in [2.24, 2.45) is 0 Å². The van der Waals surface area contributed by atoms with Gasteiger partial charge in [0.1, 0.15) is 0 Å². The maximum Gasteiger partial charge on any atom is 0.0713 e. The van der Waals surface area contributed by atoms with E-state index in [1.54, 1.807) is 0 Å². The van der Waals surface area contributed by atoms with Gasteiger partial charge in [0.25, 0.3) is 0 Å². The lowest BCUT2D eigenvalue weighted by molar-refractivity contribution is -0.00263. The quantitative estimate of drug-likeness (QED) is 0.770. The van der Waals surface area contributed by atoms with Gasteiger partial charge in [-0.15, -0.1) is 0 Å². The molecule has 1 N–H and O–H groups in total. The van der Waals surface area contributed by atoms with E-state index >= 15 is 0 Å². The van der Waals surface area contributed by atoms with Crippen molar-refractivity contribution in [3.05, 3.63) is 35.4 Å². The second-order valence-electron chi connectivity index (χ2n) is 4.78. The van der Waals surface area contributed by atoms with Gasteiger partial charge in [-0.3, -0.25) is 4.31 Å². The van der Waals surface area contributed by atoms with Crippen molar-refractivity contribution in [3.8, 4) is 0 Å². The Balaban J connectivity index is 2.07. The van der Waals surface area contributed by atoms with Gasteiger partial charge in [-0.1, -0.05) is 37.1 Å². The molecule has 0 atom stereocenters. The highest BCUT2D eigenvalue weighted by atomic mass is 32.1. The van der Waals surface area contributed by atoms with E-state index < -0.39 is 5.60 Å². The molecule has 1 fully saturated rings. The van der Waals surface area contributed by atoms with E-state index in [1.165, 1.54) is 11.1 Å². The van der Waals surface area contributed by atoms with Crippen LogP contribution in [-0.4, -0.2) is 28.1 Å². The molecular weight excluding hydrogens is 218 g/mol. The van der Waals surface area contributed by atoms with Crippen LogP contribution in [0.15, 0.2) is 24.3 Å². The lowest BCUT2D eigenvalue weighted by Gasteiger charge is -2.36. The standard InChI is InChI=1S/C13H19NOS/c1-11-4-2-3-5-12(11)10-13(15)6-8-14(16)9-7-13/h2-5,15-16H,6-10H2,1H3. The number of aliphatic hydroxyl groups is 1. The Hall–Kier alpha value is -0.510. The smallest absolute Gasteiger partial charge is 0.0713 e. The van der Waals surface area contributed by atoms with Gasteiger partial charge in [0, 0.05) is 19.5 Å². The minimum Gasteiger partial charge on any atom is -0.389 e. The summed E-state index contributed by atoms with van der Waals surface area (Å²) in [5.74, 6) is 0. The van der Waals surface area contributed by atoms with Crippen LogP contribution in [0.1, 0.15) is 24.0 Å². The molecule has 3 heteroatoms. The summed E-state index contributed by atoms with van der Waals surface area (Å²) in [5.41, 5.74) is 1.99. The zero-order chi connectivity index (χ0) is 11.6. The van der Waals surface area contributed by atoms with Crippen LogP contribution in [0.25, 0.3) is 0 Å². The topological polar surface area (TPSA) is 23.5 Å². The summed E-state index contributed by atoms with van der Waals surface area (Å²) >= 11 is 4.31. The molecule has 1 aromatic rings. The van der Waals surface area contributed by atoms with E-state index in [4.69, 9.17) is 0 Å². The van der Waals surface area contributed by atoms with Crippen LogP contribution in [0.3, 0.4) is 0 Å². The van der Waals surface area contributed by atoms with Gasteiger partial charge in [0.05, 0.1) is 5.60 Å². The van der Waals surface area contributed by atoms with Gasteiger partial charge in [-0.05, 0) is 30.9 Å². The van der Waals surface area contributed by atoms with Gasteiger partial charge in [-0.25, -0.2) is 0 Å². The Bertz CT molecular complexity index is 359. The molecule has 1 aliphatic heterocycles. The molecule has 0 amide bonds. The van der Waals surface area contributed by atoms with Crippen molar-refractivity contribution in [1.82, 2.24) is 4.31 Å². The van der Waals surface area contributed by atoms with E-state index in [-0.39, 0.29) is 0 Å². The normalized spacial score (nSPS) is 20.9. The van der Waals surface area contributed by atoms with Crippen LogP contribution < -0.4 is 0 Å². The Kier molecular flexibility index (Phi) is 3.57. The fraction of sp³-hybridized carbons (Fsp3) is 0.538. The van der Waals surface area contributed by atoms with Crippen molar-refractivity contribution >= 4 is 12.8 Å². The number of benzene rings is 1. The van der Waals surface area contributed by atoms with E-state index in [1.807, 2.05) is 16.4 Å². The molecule has 0 unspecified atom stereocenters. The maximum atomic E-state index is 10.5. The van der Waals surface area contributed by atoms with Gasteiger partial charge in [0.2, 0.25) is 0 Å². The van der Waals surface area contributed by atoms with Crippen molar-refractivity contribution < 1.29 is 5.11 Å². The number of rotatable bonds is 2. The molecule has 0 saturated carbocycles. The first-order valence-corrected chi connectivity index (χ1v) is 6.20.